The van der Waals surface area contributed by atoms with Crippen LogP contribution in [0.5, 0.6) is 0 Å². The third-order valence-electron chi connectivity index (χ3n) is 2.54. The lowest BCUT2D eigenvalue weighted by Gasteiger charge is -2.12. The summed E-state index contributed by atoms with van der Waals surface area (Å²) in [5.41, 5.74) is 1.87. The molecule has 19 heavy (non-hydrogen) atoms. The normalized spacial score (nSPS) is 17.3. The van der Waals surface area contributed by atoms with E-state index in [-0.39, 0.29) is 4.91 Å². The van der Waals surface area contributed by atoms with E-state index in [4.69, 9.17) is 0 Å². The van der Waals surface area contributed by atoms with Gasteiger partial charge in [-0.2, -0.15) is 0 Å². The number of carboxylic acids is 1. The second-order valence-electron chi connectivity index (χ2n) is 4.05. The van der Waals surface area contributed by atoms with Crippen molar-refractivity contribution >= 4 is 35.0 Å². The van der Waals surface area contributed by atoms with E-state index in [2.05, 4.69) is 0 Å². The van der Waals surface area contributed by atoms with Crippen LogP contribution in [0, 0.1) is 6.92 Å². The van der Waals surface area contributed by atoms with Gasteiger partial charge in [0.15, 0.2) is 0 Å². The number of rotatable bonds is 3. The first-order valence-electron chi connectivity index (χ1n) is 5.49. The first-order valence-corrected chi connectivity index (χ1v) is 6.31. The molecule has 2 rings (SSSR count). The maximum absolute atomic E-state index is 11.8. The molecule has 1 aliphatic heterocycles. The maximum atomic E-state index is 11.8. The zero-order chi connectivity index (χ0) is 14.0. The summed E-state index contributed by atoms with van der Waals surface area (Å²) in [7, 11) is 0. The van der Waals surface area contributed by atoms with E-state index in [1.165, 1.54) is 0 Å². The fourth-order valence-electron chi connectivity index (χ4n) is 1.58. The van der Waals surface area contributed by atoms with Crippen molar-refractivity contribution < 1.29 is 19.5 Å². The highest BCUT2D eigenvalue weighted by atomic mass is 32.2. The van der Waals surface area contributed by atoms with Gasteiger partial charge in [-0.3, -0.25) is 14.5 Å². The van der Waals surface area contributed by atoms with Gasteiger partial charge < -0.3 is 9.90 Å². The standard InChI is InChI=1S/C13H11NO4S/c1-8-2-4-9(5-3-8)6-10-12(17)14(7-11(15)16)13(18)19-10/h2-6H,7H2,1H3,(H,15,16)/p-1/b10-6+. The minimum atomic E-state index is -1.46. The van der Waals surface area contributed by atoms with E-state index in [0.717, 1.165) is 22.9 Å². The largest absolute Gasteiger partial charge is 0.548 e. The Bertz CT molecular complexity index is 577. The van der Waals surface area contributed by atoms with Crippen LogP contribution >= 0.6 is 11.8 Å². The van der Waals surface area contributed by atoms with Gasteiger partial charge in [0, 0.05) is 0 Å². The molecular weight excluding hydrogens is 266 g/mol. The summed E-state index contributed by atoms with van der Waals surface area (Å²) < 4.78 is 0. The number of hydrogen-bond donors (Lipinski definition) is 0. The second-order valence-corrected chi connectivity index (χ2v) is 5.04. The van der Waals surface area contributed by atoms with Crippen LogP contribution in [0.3, 0.4) is 0 Å². The van der Waals surface area contributed by atoms with Crippen molar-refractivity contribution in [2.24, 2.45) is 0 Å². The van der Waals surface area contributed by atoms with Crippen LogP contribution in [0.25, 0.3) is 6.08 Å². The number of aryl methyl sites for hydroxylation is 1. The maximum Gasteiger partial charge on any atom is 0.293 e. The number of nitrogens with zero attached hydrogens (tertiary/aromatic N) is 1. The van der Waals surface area contributed by atoms with Gasteiger partial charge >= 0.3 is 0 Å². The van der Waals surface area contributed by atoms with E-state index in [1.807, 2.05) is 31.2 Å². The number of aliphatic carboxylic acids is 1. The van der Waals surface area contributed by atoms with Crippen LogP contribution in [0.15, 0.2) is 29.2 Å². The monoisotopic (exact) mass is 276 g/mol. The van der Waals surface area contributed by atoms with E-state index >= 15 is 0 Å². The van der Waals surface area contributed by atoms with Gasteiger partial charge in [-0.05, 0) is 30.3 Å². The van der Waals surface area contributed by atoms with E-state index in [1.54, 1.807) is 6.08 Å². The molecule has 98 valence electrons. The van der Waals surface area contributed by atoms with Gasteiger partial charge in [-0.1, -0.05) is 29.8 Å². The Balaban J connectivity index is 2.23. The average molecular weight is 276 g/mol. The van der Waals surface area contributed by atoms with Gasteiger partial charge in [0.1, 0.15) is 0 Å². The van der Waals surface area contributed by atoms with Crippen molar-refractivity contribution in [3.8, 4) is 0 Å². The molecular formula is C13H10NO4S-. The van der Waals surface area contributed by atoms with E-state index in [0.29, 0.717) is 4.90 Å². The summed E-state index contributed by atoms with van der Waals surface area (Å²) in [6, 6.07) is 7.42. The lowest BCUT2D eigenvalue weighted by Crippen LogP contribution is -2.40. The first-order chi connectivity index (χ1) is 8.97. The zero-order valence-electron chi connectivity index (χ0n) is 10.1. The van der Waals surface area contributed by atoms with Crippen LogP contribution in [-0.4, -0.2) is 28.6 Å². The molecule has 0 aliphatic carbocycles. The van der Waals surface area contributed by atoms with E-state index < -0.39 is 23.7 Å². The Morgan fingerprint density at radius 2 is 1.95 bits per heavy atom. The van der Waals surface area contributed by atoms with Gasteiger partial charge in [0.05, 0.1) is 17.4 Å². The van der Waals surface area contributed by atoms with Gasteiger partial charge in [0.2, 0.25) is 0 Å². The molecule has 0 atom stereocenters. The van der Waals surface area contributed by atoms with Gasteiger partial charge in [-0.25, -0.2) is 0 Å². The van der Waals surface area contributed by atoms with Crippen LogP contribution < -0.4 is 5.11 Å². The smallest absolute Gasteiger partial charge is 0.293 e. The zero-order valence-corrected chi connectivity index (χ0v) is 10.9. The van der Waals surface area contributed by atoms with E-state index in [9.17, 15) is 19.5 Å². The first kappa shape index (κ1) is 13.4. The quantitative estimate of drug-likeness (QED) is 0.762. The molecule has 1 fully saturated rings. The number of carboxylic acid groups (broad SMARTS) is 1. The SMILES string of the molecule is Cc1ccc(/C=C2/SC(=O)N(CC(=O)[O-])C2=O)cc1. The summed E-state index contributed by atoms with van der Waals surface area (Å²) in [6.45, 7) is 1.23. The highest BCUT2D eigenvalue weighted by Crippen LogP contribution is 2.31. The molecule has 0 radical (unpaired) electrons. The molecule has 0 bridgehead atoms. The predicted octanol–water partition coefficient (Wildman–Crippen LogP) is 0.781. The lowest BCUT2D eigenvalue weighted by atomic mass is 10.1. The third-order valence-corrected chi connectivity index (χ3v) is 3.44. The van der Waals surface area contributed by atoms with Crippen LogP contribution in [0.1, 0.15) is 11.1 Å². The molecule has 0 N–H and O–H groups in total. The summed E-state index contributed by atoms with van der Waals surface area (Å²) in [5.74, 6) is -2.06. The minimum Gasteiger partial charge on any atom is -0.548 e. The summed E-state index contributed by atoms with van der Waals surface area (Å²) >= 11 is 0.730. The highest BCUT2D eigenvalue weighted by molar-refractivity contribution is 8.18. The van der Waals surface area contributed by atoms with Crippen LogP contribution in [0.2, 0.25) is 0 Å². The minimum absolute atomic E-state index is 0.218. The van der Waals surface area contributed by atoms with Crippen LogP contribution in [-0.2, 0) is 9.59 Å². The molecule has 0 saturated carbocycles. The molecule has 1 aliphatic rings. The van der Waals surface area contributed by atoms with Gasteiger partial charge in [0.25, 0.3) is 11.1 Å². The number of carbonyl (C=O) groups excluding carboxylic acids is 3. The van der Waals surface area contributed by atoms with Crippen molar-refractivity contribution in [2.45, 2.75) is 6.92 Å². The Labute approximate surface area is 113 Å². The average Bonchev–Trinajstić information content (AvgIpc) is 2.60. The molecule has 0 aromatic heterocycles. The molecule has 6 heteroatoms. The van der Waals surface area contributed by atoms with Crippen molar-refractivity contribution in [1.29, 1.82) is 0 Å². The van der Waals surface area contributed by atoms with Gasteiger partial charge in [-0.15, -0.1) is 0 Å². The fourth-order valence-corrected chi connectivity index (χ4v) is 2.42. The van der Waals surface area contributed by atoms with Crippen molar-refractivity contribution in [2.75, 3.05) is 6.54 Å². The number of amides is 2. The Hall–Kier alpha value is -2.08. The van der Waals surface area contributed by atoms with Crippen molar-refractivity contribution in [3.05, 3.63) is 40.3 Å². The van der Waals surface area contributed by atoms with Crippen molar-refractivity contribution in [1.82, 2.24) is 4.90 Å². The fraction of sp³-hybridized carbons (Fsp3) is 0.154. The van der Waals surface area contributed by atoms with Crippen molar-refractivity contribution in [3.63, 3.8) is 0 Å². The topological polar surface area (TPSA) is 77.5 Å². The molecule has 0 spiro atoms. The molecule has 5 nitrogen and oxygen atoms in total. The number of imide groups is 1. The predicted molar refractivity (Wildman–Crippen MR) is 68.9 cm³/mol. The number of thioether (sulfide) groups is 1. The molecule has 1 saturated heterocycles. The summed E-state index contributed by atoms with van der Waals surface area (Å²) in [6.07, 6.45) is 1.57. The number of benzene rings is 1. The number of hydrogen-bond acceptors (Lipinski definition) is 5. The van der Waals surface area contributed by atoms with Crippen LogP contribution in [0.4, 0.5) is 4.79 Å². The highest BCUT2D eigenvalue weighted by Gasteiger charge is 2.34. The molecule has 0 unspecified atom stereocenters. The Morgan fingerprint density at radius 1 is 1.32 bits per heavy atom. The molecule has 1 heterocycles. The molecule has 1 aromatic rings. The summed E-state index contributed by atoms with van der Waals surface area (Å²) in [4.78, 5) is 34.7. The lowest BCUT2D eigenvalue weighted by molar-refractivity contribution is -0.305. The Kier molecular flexibility index (Phi) is 3.71. The second kappa shape index (κ2) is 5.27. The molecule has 1 aromatic carbocycles. The third kappa shape index (κ3) is 3.03. The molecule has 2 amide bonds. The Morgan fingerprint density at radius 3 is 2.53 bits per heavy atom. The summed E-state index contributed by atoms with van der Waals surface area (Å²) in [5, 5.41) is 9.87. The number of carbonyl (C=O) groups is 3.